The second kappa shape index (κ2) is 8.93. The van der Waals surface area contributed by atoms with Crippen LogP contribution in [0.25, 0.3) is 0 Å². The van der Waals surface area contributed by atoms with Gasteiger partial charge < -0.3 is 9.84 Å². The lowest BCUT2D eigenvalue weighted by Gasteiger charge is -2.19. The Bertz CT molecular complexity index is 82.4. The zero-order valence-corrected chi connectivity index (χ0v) is 7.66. The van der Waals surface area contributed by atoms with Crippen LogP contribution in [0.3, 0.4) is 0 Å². The molecule has 0 fully saturated rings. The zero-order chi connectivity index (χ0) is 9.23. The predicted molar refractivity (Wildman–Crippen MR) is 45.6 cm³/mol. The molecule has 0 spiro atoms. The number of methoxy groups -OCH3 is 1. The molecule has 0 aromatic rings. The fraction of sp³-hybridized carbons (Fsp3) is 1.00. The van der Waals surface area contributed by atoms with Crippen LogP contribution in [0.15, 0.2) is 0 Å². The van der Waals surface area contributed by atoms with Gasteiger partial charge in [-0.25, -0.2) is 5.11 Å². The molecule has 0 saturated carbocycles. The van der Waals surface area contributed by atoms with Crippen LogP contribution in [-0.2, 0) is 9.84 Å². The smallest absolute Gasteiger partial charge is 0.0834 e. The summed E-state index contributed by atoms with van der Waals surface area (Å²) in [4.78, 5) is 2.03. The second-order valence-electron chi connectivity index (χ2n) is 2.62. The minimum absolute atomic E-state index is 0.0467. The van der Waals surface area contributed by atoms with Crippen molar-refractivity contribution in [3.63, 3.8) is 0 Å². The molecule has 0 aromatic heterocycles. The molecule has 0 heterocycles. The van der Waals surface area contributed by atoms with Gasteiger partial charge in [-0.15, -0.1) is 0 Å². The minimum atomic E-state index is -0.0467. The maximum Gasteiger partial charge on any atom is 0.0834 e. The quantitative estimate of drug-likeness (QED) is 0.554. The van der Waals surface area contributed by atoms with Gasteiger partial charge in [-0.05, 0) is 6.42 Å². The first-order chi connectivity index (χ1) is 5.85. The highest BCUT2D eigenvalue weighted by Gasteiger charge is 2.02. The normalized spacial score (nSPS) is 11.0. The van der Waals surface area contributed by atoms with Crippen molar-refractivity contribution in [2.24, 2.45) is 0 Å². The Morgan fingerprint density at radius 1 is 1.33 bits per heavy atom. The van der Waals surface area contributed by atoms with Crippen LogP contribution >= 0.6 is 0 Å². The maximum atomic E-state index is 10.2. The molecule has 0 bridgehead atoms. The van der Waals surface area contributed by atoms with E-state index in [9.17, 15) is 5.11 Å². The van der Waals surface area contributed by atoms with E-state index in [4.69, 9.17) is 9.84 Å². The number of aliphatic hydroxyl groups is 1. The molecule has 1 radical (unpaired) electrons. The van der Waals surface area contributed by atoms with E-state index in [0.29, 0.717) is 19.6 Å². The van der Waals surface area contributed by atoms with E-state index in [2.05, 4.69) is 0 Å². The molecule has 0 amide bonds. The van der Waals surface area contributed by atoms with Crippen LogP contribution in [0.4, 0.5) is 0 Å². The number of aliphatic hydroxyl groups excluding tert-OH is 1. The molecule has 4 heteroatoms. The van der Waals surface area contributed by atoms with Crippen molar-refractivity contribution in [3.05, 3.63) is 0 Å². The Kier molecular flexibility index (Phi) is 8.81. The first-order valence-corrected chi connectivity index (χ1v) is 4.25. The van der Waals surface area contributed by atoms with Gasteiger partial charge in [-0.3, -0.25) is 4.90 Å². The summed E-state index contributed by atoms with van der Waals surface area (Å²) in [6.07, 6.45) is 0.643. The fourth-order valence-corrected chi connectivity index (χ4v) is 0.985. The van der Waals surface area contributed by atoms with Crippen LogP contribution < -0.4 is 0 Å². The number of ether oxygens (including phenoxy) is 1. The van der Waals surface area contributed by atoms with Crippen LogP contribution in [0, 0.1) is 0 Å². The van der Waals surface area contributed by atoms with Gasteiger partial charge in [-0.2, -0.15) is 0 Å². The molecule has 0 aliphatic carbocycles. The zero-order valence-electron chi connectivity index (χ0n) is 7.66. The van der Waals surface area contributed by atoms with E-state index in [1.807, 2.05) is 4.90 Å². The topological polar surface area (TPSA) is 52.6 Å². The van der Waals surface area contributed by atoms with Crippen LogP contribution in [-0.4, -0.2) is 56.6 Å². The molecule has 12 heavy (non-hydrogen) atoms. The molecule has 73 valence electrons. The summed E-state index contributed by atoms with van der Waals surface area (Å²) in [5.41, 5.74) is 0. The van der Waals surface area contributed by atoms with Crippen molar-refractivity contribution in [1.29, 1.82) is 0 Å². The predicted octanol–water partition coefficient (Wildman–Crippen LogP) is -0.252. The lowest BCUT2D eigenvalue weighted by atomic mass is 10.4. The molecule has 0 aliphatic rings. The first-order valence-electron chi connectivity index (χ1n) is 4.25. The summed E-state index contributed by atoms with van der Waals surface area (Å²) < 4.78 is 4.90. The van der Waals surface area contributed by atoms with Crippen molar-refractivity contribution >= 4 is 0 Å². The third kappa shape index (κ3) is 6.54. The van der Waals surface area contributed by atoms with Gasteiger partial charge in [0, 0.05) is 26.7 Å². The first kappa shape index (κ1) is 11.8. The molecule has 1 N–H and O–H groups in total. The van der Waals surface area contributed by atoms with Crippen molar-refractivity contribution in [2.45, 2.75) is 6.42 Å². The summed E-state index contributed by atoms with van der Waals surface area (Å²) in [7, 11) is 1.64. The van der Waals surface area contributed by atoms with E-state index in [-0.39, 0.29) is 13.2 Å². The summed E-state index contributed by atoms with van der Waals surface area (Å²) in [6.45, 7) is 2.92. The number of rotatable bonds is 8. The van der Waals surface area contributed by atoms with Crippen molar-refractivity contribution in [1.82, 2.24) is 4.90 Å². The summed E-state index contributed by atoms with van der Waals surface area (Å²) in [5.74, 6) is 0. The average Bonchev–Trinajstić information content (AvgIpc) is 2.10. The molecular formula is C8H18NO3. The summed E-state index contributed by atoms with van der Waals surface area (Å²) >= 11 is 0. The Morgan fingerprint density at radius 2 is 2.08 bits per heavy atom. The standard InChI is InChI=1S/C8H18NO3/c1-12-8-5-9(4-7-11)3-2-6-10/h11H,2-8H2,1H3. The number of nitrogens with zero attached hydrogens (tertiary/aromatic N) is 1. The third-order valence-electron chi connectivity index (χ3n) is 1.65. The van der Waals surface area contributed by atoms with Crippen molar-refractivity contribution in [2.75, 3.05) is 46.6 Å². The van der Waals surface area contributed by atoms with Crippen LogP contribution in [0.5, 0.6) is 0 Å². The van der Waals surface area contributed by atoms with Gasteiger partial charge >= 0.3 is 0 Å². The molecule has 0 aliphatic heterocycles. The SMILES string of the molecule is COCCN(CCO)CCC[O]. The molecule has 0 saturated heterocycles. The van der Waals surface area contributed by atoms with E-state index in [1.165, 1.54) is 0 Å². The third-order valence-corrected chi connectivity index (χ3v) is 1.65. The van der Waals surface area contributed by atoms with E-state index in [0.717, 1.165) is 13.1 Å². The molecular weight excluding hydrogens is 158 g/mol. The van der Waals surface area contributed by atoms with Gasteiger partial charge in [0.2, 0.25) is 0 Å². The Morgan fingerprint density at radius 3 is 2.58 bits per heavy atom. The average molecular weight is 176 g/mol. The number of hydrogen-bond acceptors (Lipinski definition) is 3. The molecule has 0 atom stereocenters. The van der Waals surface area contributed by atoms with Crippen molar-refractivity contribution < 1.29 is 14.9 Å². The Balaban J connectivity index is 3.40. The van der Waals surface area contributed by atoms with Gasteiger partial charge in [0.25, 0.3) is 0 Å². The maximum absolute atomic E-state index is 10.2. The molecule has 4 nitrogen and oxygen atoms in total. The molecule has 0 rings (SSSR count). The molecule has 0 aromatic carbocycles. The van der Waals surface area contributed by atoms with Crippen LogP contribution in [0.2, 0.25) is 0 Å². The highest BCUT2D eigenvalue weighted by molar-refractivity contribution is 4.55. The van der Waals surface area contributed by atoms with Gasteiger partial charge in [0.05, 0.1) is 19.8 Å². The lowest BCUT2D eigenvalue weighted by molar-refractivity contribution is 0.116. The highest BCUT2D eigenvalue weighted by atomic mass is 16.5. The van der Waals surface area contributed by atoms with Crippen LogP contribution in [0.1, 0.15) is 6.42 Å². The summed E-state index contributed by atoms with van der Waals surface area (Å²) in [5, 5.41) is 18.9. The van der Waals surface area contributed by atoms with E-state index in [1.54, 1.807) is 7.11 Å². The van der Waals surface area contributed by atoms with Crippen molar-refractivity contribution in [3.8, 4) is 0 Å². The largest absolute Gasteiger partial charge is 0.395 e. The lowest BCUT2D eigenvalue weighted by Crippen LogP contribution is -2.31. The summed E-state index contributed by atoms with van der Waals surface area (Å²) in [6, 6.07) is 0. The Labute approximate surface area is 73.8 Å². The molecule has 0 unspecified atom stereocenters. The number of hydrogen-bond donors (Lipinski definition) is 1. The van der Waals surface area contributed by atoms with E-state index < -0.39 is 0 Å². The fourth-order valence-electron chi connectivity index (χ4n) is 0.985. The van der Waals surface area contributed by atoms with Gasteiger partial charge in [0.1, 0.15) is 0 Å². The minimum Gasteiger partial charge on any atom is -0.395 e. The highest BCUT2D eigenvalue weighted by Crippen LogP contribution is 1.90. The monoisotopic (exact) mass is 176 g/mol. The van der Waals surface area contributed by atoms with Gasteiger partial charge in [0.15, 0.2) is 0 Å². The second-order valence-corrected chi connectivity index (χ2v) is 2.62. The Hall–Kier alpha value is -0.160. The van der Waals surface area contributed by atoms with Gasteiger partial charge in [-0.1, -0.05) is 0 Å². The van der Waals surface area contributed by atoms with E-state index >= 15 is 0 Å².